The van der Waals surface area contributed by atoms with Crippen LogP contribution in [0.25, 0.3) is 0 Å². The fourth-order valence-corrected chi connectivity index (χ4v) is 1.91. The van der Waals surface area contributed by atoms with Crippen molar-refractivity contribution >= 4 is 28.8 Å². The van der Waals surface area contributed by atoms with Crippen molar-refractivity contribution in [1.29, 1.82) is 0 Å². The van der Waals surface area contributed by atoms with E-state index in [4.69, 9.17) is 0 Å². The Hall–Kier alpha value is 0.200. The normalized spacial score (nSPS) is 11.1. The number of carbonyl (C=O) groups is 1. The molecule has 0 N–H and O–H groups in total. The molecule has 0 aliphatic rings. The molecule has 1 rings (SSSR count). The van der Waals surface area contributed by atoms with Gasteiger partial charge in [0.1, 0.15) is 0 Å². The predicted molar refractivity (Wildman–Crippen MR) is 59.7 cm³/mol. The van der Waals surface area contributed by atoms with Crippen LogP contribution in [-0.4, -0.2) is 4.45 Å². The van der Waals surface area contributed by atoms with Gasteiger partial charge in [0.2, 0.25) is 0 Å². The van der Waals surface area contributed by atoms with E-state index in [9.17, 15) is 4.79 Å². The van der Waals surface area contributed by atoms with Gasteiger partial charge in [-0.15, -0.1) is 18.3 Å². The molecule has 1 atom stereocenters. The topological polar surface area (TPSA) is 17.1 Å². The zero-order valence-corrected chi connectivity index (χ0v) is 11.6. The second-order valence-corrected chi connectivity index (χ2v) is 4.18. The quantitative estimate of drug-likeness (QED) is 0.424. The Morgan fingerprint density at radius 1 is 1.43 bits per heavy atom. The number of benzene rings is 1. The molecule has 0 bridgehead atoms. The number of hydrogen-bond donors (Lipinski definition) is 0. The molecule has 0 spiro atoms. The summed E-state index contributed by atoms with van der Waals surface area (Å²) in [6, 6.07) is 9.71. The number of carbonyl (C=O) groups excluding carboxylic acids is 1. The molecular formula is C10H9NaOS2. The predicted octanol–water partition coefficient (Wildman–Crippen LogP) is 0.318. The average molecular weight is 232 g/mol. The molecule has 0 aliphatic heterocycles. The minimum atomic E-state index is -0.297. The molecule has 1 aromatic rings. The largest absolute Gasteiger partial charge is 1.00 e. The Balaban J connectivity index is 0.00000169. The molecule has 0 amide bonds. The smallest absolute Gasteiger partial charge is 0.730 e. The average Bonchev–Trinajstić information content (AvgIpc) is 2.15. The molecule has 0 saturated carbocycles. The molecule has 4 heteroatoms. The molecule has 0 saturated heterocycles. The Kier molecular flexibility index (Phi) is 7.59. The minimum Gasteiger partial charge on any atom is -0.730 e. The minimum absolute atomic E-state index is 0. The third-order valence-corrected chi connectivity index (χ3v) is 2.77. The summed E-state index contributed by atoms with van der Waals surface area (Å²) in [4.78, 5) is 10.7. The third kappa shape index (κ3) is 4.62. The van der Waals surface area contributed by atoms with Crippen LogP contribution in [0.3, 0.4) is 0 Å². The van der Waals surface area contributed by atoms with Crippen molar-refractivity contribution in [2.75, 3.05) is 0 Å². The second kappa shape index (κ2) is 7.49. The second-order valence-electron chi connectivity index (χ2n) is 2.43. The molecular weight excluding hydrogens is 223 g/mol. The van der Waals surface area contributed by atoms with Gasteiger partial charge in [0.25, 0.3) is 0 Å². The first kappa shape index (κ1) is 14.2. The molecule has 0 heterocycles. The maximum absolute atomic E-state index is 10.7. The van der Waals surface area contributed by atoms with E-state index in [0.29, 0.717) is 0 Å². The summed E-state index contributed by atoms with van der Waals surface area (Å²) in [5.41, 5.74) is 1.06. The standard InChI is InChI=1S/C10H10OS2.Na/c1-2-9(13-10(11)12)8-6-4-3-5-7-8;/h2-7,9H,1H2,(H,11,12);/q;+1/p-1. The molecule has 68 valence electrons. The molecule has 1 unspecified atom stereocenters. The number of rotatable bonds is 3. The number of hydrogen-bond acceptors (Lipinski definition) is 3. The van der Waals surface area contributed by atoms with Crippen molar-refractivity contribution in [2.45, 2.75) is 5.25 Å². The Bertz CT molecular complexity index is 300. The van der Waals surface area contributed by atoms with Crippen molar-refractivity contribution < 1.29 is 34.4 Å². The first-order valence-electron chi connectivity index (χ1n) is 3.79. The zero-order chi connectivity index (χ0) is 9.68. The summed E-state index contributed by atoms with van der Waals surface area (Å²) in [6.07, 6.45) is 1.73. The zero-order valence-electron chi connectivity index (χ0n) is 7.97. The number of thioether (sulfide) groups is 1. The Labute approximate surface area is 116 Å². The van der Waals surface area contributed by atoms with E-state index >= 15 is 0 Å². The Morgan fingerprint density at radius 3 is 2.43 bits per heavy atom. The molecule has 14 heavy (non-hydrogen) atoms. The van der Waals surface area contributed by atoms with Crippen LogP contribution in [0.15, 0.2) is 43.0 Å². The van der Waals surface area contributed by atoms with Gasteiger partial charge in [-0.1, -0.05) is 36.4 Å². The van der Waals surface area contributed by atoms with Crippen LogP contribution >= 0.6 is 11.8 Å². The molecule has 0 radical (unpaired) electrons. The van der Waals surface area contributed by atoms with Gasteiger partial charge in [-0.05, 0) is 5.56 Å². The van der Waals surface area contributed by atoms with E-state index in [1.807, 2.05) is 30.3 Å². The van der Waals surface area contributed by atoms with Gasteiger partial charge in [0.15, 0.2) is 0 Å². The summed E-state index contributed by atoms with van der Waals surface area (Å²) >= 11 is 5.61. The summed E-state index contributed by atoms with van der Waals surface area (Å²) in [5, 5.41) is -0.0220. The fourth-order valence-electron chi connectivity index (χ4n) is 0.999. The SMILES string of the molecule is C=CC(SC(=O)[S-])c1ccccc1.[Na+]. The van der Waals surface area contributed by atoms with Crippen LogP contribution in [-0.2, 0) is 12.6 Å². The van der Waals surface area contributed by atoms with E-state index in [1.165, 1.54) is 0 Å². The van der Waals surface area contributed by atoms with Crippen molar-refractivity contribution in [3.63, 3.8) is 0 Å². The van der Waals surface area contributed by atoms with Gasteiger partial charge < -0.3 is 17.4 Å². The van der Waals surface area contributed by atoms with Crippen LogP contribution in [0.4, 0.5) is 4.79 Å². The molecule has 1 aromatic carbocycles. The van der Waals surface area contributed by atoms with Crippen molar-refractivity contribution in [3.05, 3.63) is 48.6 Å². The van der Waals surface area contributed by atoms with Gasteiger partial charge in [-0.25, -0.2) is 0 Å². The van der Waals surface area contributed by atoms with Crippen LogP contribution in [0.1, 0.15) is 10.8 Å². The van der Waals surface area contributed by atoms with Gasteiger partial charge >= 0.3 is 29.6 Å². The molecule has 0 aromatic heterocycles. The summed E-state index contributed by atoms with van der Waals surface area (Å²) < 4.78 is -0.297. The van der Waals surface area contributed by atoms with Gasteiger partial charge in [-0.3, -0.25) is 0 Å². The monoisotopic (exact) mass is 232 g/mol. The van der Waals surface area contributed by atoms with Crippen molar-refractivity contribution in [2.24, 2.45) is 0 Å². The van der Waals surface area contributed by atoms with E-state index in [-0.39, 0.29) is 39.3 Å². The van der Waals surface area contributed by atoms with Crippen LogP contribution < -0.4 is 29.6 Å². The van der Waals surface area contributed by atoms with Crippen LogP contribution in [0.5, 0.6) is 0 Å². The maximum atomic E-state index is 10.7. The van der Waals surface area contributed by atoms with Gasteiger partial charge in [-0.2, -0.15) is 0 Å². The molecule has 1 nitrogen and oxygen atoms in total. The van der Waals surface area contributed by atoms with Crippen LogP contribution in [0, 0.1) is 0 Å². The molecule has 0 aliphatic carbocycles. The summed E-state index contributed by atoms with van der Waals surface area (Å²) in [6.45, 7) is 3.67. The van der Waals surface area contributed by atoms with Gasteiger partial charge in [0, 0.05) is 0 Å². The van der Waals surface area contributed by atoms with E-state index in [2.05, 4.69) is 19.2 Å². The maximum Gasteiger partial charge on any atom is 1.00 e. The summed E-state index contributed by atoms with van der Waals surface area (Å²) in [7, 11) is 0. The molecule has 0 fully saturated rings. The van der Waals surface area contributed by atoms with Crippen molar-refractivity contribution in [3.8, 4) is 0 Å². The van der Waals surface area contributed by atoms with E-state index in [0.717, 1.165) is 17.3 Å². The van der Waals surface area contributed by atoms with Crippen LogP contribution in [0.2, 0.25) is 0 Å². The van der Waals surface area contributed by atoms with Gasteiger partial charge in [0.05, 0.1) is 9.70 Å². The summed E-state index contributed by atoms with van der Waals surface area (Å²) in [5.74, 6) is 0. The third-order valence-electron chi connectivity index (χ3n) is 1.57. The first-order valence-corrected chi connectivity index (χ1v) is 5.08. The van der Waals surface area contributed by atoms with Crippen molar-refractivity contribution in [1.82, 2.24) is 0 Å². The first-order chi connectivity index (χ1) is 6.24. The Morgan fingerprint density at radius 2 is 2.00 bits per heavy atom. The van der Waals surface area contributed by atoms with E-state index < -0.39 is 0 Å². The fraction of sp³-hybridized carbons (Fsp3) is 0.100. The van der Waals surface area contributed by atoms with E-state index in [1.54, 1.807) is 6.08 Å².